The SMILES string of the molecule is CCc1ccc(C(C(=O)NCc2ccccc2)N(C(=O)C(CCC(N)=O)NC(=O)OC(C)(C)C)C2CC2C)cc1. The molecule has 4 N–H and O–H groups in total. The molecule has 0 aromatic heterocycles. The molecule has 4 atom stereocenters. The van der Waals surface area contributed by atoms with E-state index in [9.17, 15) is 19.2 Å². The number of primary amides is 1. The number of benzene rings is 2. The topological polar surface area (TPSA) is 131 Å². The van der Waals surface area contributed by atoms with Crippen LogP contribution in [0.1, 0.15) is 76.6 Å². The first-order chi connectivity index (χ1) is 18.9. The minimum absolute atomic E-state index is 0.0157. The molecule has 40 heavy (non-hydrogen) atoms. The molecule has 216 valence electrons. The van der Waals surface area contributed by atoms with Crippen LogP contribution < -0.4 is 16.4 Å². The van der Waals surface area contributed by atoms with Gasteiger partial charge in [-0.15, -0.1) is 0 Å². The largest absolute Gasteiger partial charge is 0.444 e. The third kappa shape index (κ3) is 8.83. The van der Waals surface area contributed by atoms with Crippen LogP contribution in [-0.2, 0) is 32.1 Å². The first kappa shape index (κ1) is 30.7. The highest BCUT2D eigenvalue weighted by atomic mass is 16.6. The van der Waals surface area contributed by atoms with Crippen LogP contribution in [0.2, 0.25) is 0 Å². The van der Waals surface area contributed by atoms with Crippen LogP contribution in [0.3, 0.4) is 0 Å². The molecule has 0 aliphatic heterocycles. The predicted octanol–water partition coefficient (Wildman–Crippen LogP) is 4.00. The van der Waals surface area contributed by atoms with E-state index < -0.39 is 35.6 Å². The van der Waals surface area contributed by atoms with Crippen molar-refractivity contribution in [3.8, 4) is 0 Å². The minimum atomic E-state index is -1.10. The normalized spacial score (nSPS) is 17.7. The van der Waals surface area contributed by atoms with Crippen LogP contribution in [0.15, 0.2) is 54.6 Å². The lowest BCUT2D eigenvalue weighted by Gasteiger charge is -2.35. The molecule has 9 heteroatoms. The van der Waals surface area contributed by atoms with Crippen molar-refractivity contribution < 1.29 is 23.9 Å². The third-order valence-electron chi connectivity index (χ3n) is 6.89. The van der Waals surface area contributed by atoms with Gasteiger partial charge in [-0.1, -0.05) is 68.4 Å². The van der Waals surface area contributed by atoms with E-state index in [1.54, 1.807) is 25.7 Å². The van der Waals surface area contributed by atoms with E-state index in [-0.39, 0.29) is 30.7 Å². The van der Waals surface area contributed by atoms with E-state index in [1.807, 2.05) is 68.4 Å². The summed E-state index contributed by atoms with van der Waals surface area (Å²) >= 11 is 0. The smallest absolute Gasteiger partial charge is 0.408 e. The minimum Gasteiger partial charge on any atom is -0.444 e. The van der Waals surface area contributed by atoms with Crippen molar-refractivity contribution in [1.82, 2.24) is 15.5 Å². The summed E-state index contributed by atoms with van der Waals surface area (Å²) in [6.07, 6.45) is 0.643. The fourth-order valence-corrected chi connectivity index (χ4v) is 4.60. The summed E-state index contributed by atoms with van der Waals surface area (Å²) in [5.41, 5.74) is 7.31. The van der Waals surface area contributed by atoms with Gasteiger partial charge in [0.15, 0.2) is 0 Å². The number of hydrogen-bond acceptors (Lipinski definition) is 5. The van der Waals surface area contributed by atoms with Crippen LogP contribution in [0.25, 0.3) is 0 Å². The van der Waals surface area contributed by atoms with E-state index in [0.29, 0.717) is 12.1 Å². The average molecular weight is 551 g/mol. The summed E-state index contributed by atoms with van der Waals surface area (Å²) in [6.45, 7) is 9.52. The molecule has 0 heterocycles. The fraction of sp³-hybridized carbons (Fsp3) is 0.484. The molecule has 2 aromatic carbocycles. The Balaban J connectivity index is 1.97. The number of amides is 4. The molecule has 1 aliphatic rings. The second-order valence-electron chi connectivity index (χ2n) is 11.4. The lowest BCUT2D eigenvalue weighted by atomic mass is 9.99. The fourth-order valence-electron chi connectivity index (χ4n) is 4.60. The number of carbonyl (C=O) groups excluding carboxylic acids is 4. The Hall–Kier alpha value is -3.88. The van der Waals surface area contributed by atoms with E-state index in [2.05, 4.69) is 10.6 Å². The second-order valence-corrected chi connectivity index (χ2v) is 11.4. The molecule has 2 aromatic rings. The zero-order valence-corrected chi connectivity index (χ0v) is 24.1. The maximum Gasteiger partial charge on any atom is 0.408 e. The number of nitrogens with zero attached hydrogens (tertiary/aromatic N) is 1. The number of alkyl carbamates (subject to hydrolysis) is 1. The quantitative estimate of drug-likeness (QED) is 0.368. The first-order valence-corrected chi connectivity index (χ1v) is 13.9. The molecular formula is C31H42N4O5. The summed E-state index contributed by atoms with van der Waals surface area (Å²) in [7, 11) is 0. The molecule has 0 spiro atoms. The van der Waals surface area contributed by atoms with Crippen molar-refractivity contribution >= 4 is 23.8 Å². The number of carbonyl (C=O) groups is 4. The van der Waals surface area contributed by atoms with Gasteiger partial charge in [0.25, 0.3) is 0 Å². The van der Waals surface area contributed by atoms with Crippen LogP contribution in [-0.4, -0.2) is 46.4 Å². The number of rotatable bonds is 12. The summed E-state index contributed by atoms with van der Waals surface area (Å²) in [5, 5.41) is 5.64. The average Bonchev–Trinajstić information content (AvgIpc) is 3.62. The number of nitrogens with two attached hydrogens (primary N) is 1. The molecule has 0 saturated heterocycles. The Morgan fingerprint density at radius 2 is 1.65 bits per heavy atom. The Labute approximate surface area is 236 Å². The Morgan fingerprint density at radius 3 is 2.17 bits per heavy atom. The summed E-state index contributed by atoms with van der Waals surface area (Å²) in [6, 6.07) is 14.9. The monoisotopic (exact) mass is 550 g/mol. The maximum atomic E-state index is 14.2. The van der Waals surface area contributed by atoms with E-state index in [4.69, 9.17) is 10.5 Å². The van der Waals surface area contributed by atoms with Gasteiger partial charge in [-0.3, -0.25) is 14.4 Å². The molecular weight excluding hydrogens is 508 g/mol. The van der Waals surface area contributed by atoms with Gasteiger partial charge in [-0.05, 0) is 62.6 Å². The molecule has 1 fully saturated rings. The van der Waals surface area contributed by atoms with Crippen LogP contribution >= 0.6 is 0 Å². The number of aryl methyl sites for hydroxylation is 1. The zero-order chi connectivity index (χ0) is 29.4. The van der Waals surface area contributed by atoms with Crippen LogP contribution in [0.4, 0.5) is 4.79 Å². The van der Waals surface area contributed by atoms with Crippen molar-refractivity contribution in [3.63, 3.8) is 0 Å². The first-order valence-electron chi connectivity index (χ1n) is 13.9. The summed E-state index contributed by atoms with van der Waals surface area (Å²) in [5.74, 6) is -1.21. The van der Waals surface area contributed by atoms with Crippen LogP contribution in [0, 0.1) is 5.92 Å². The van der Waals surface area contributed by atoms with Gasteiger partial charge in [0.1, 0.15) is 17.7 Å². The highest BCUT2D eigenvalue weighted by Crippen LogP contribution is 2.41. The van der Waals surface area contributed by atoms with Gasteiger partial charge in [-0.25, -0.2) is 4.79 Å². The third-order valence-corrected chi connectivity index (χ3v) is 6.89. The van der Waals surface area contributed by atoms with Crippen molar-refractivity contribution in [2.75, 3.05) is 0 Å². The molecule has 0 bridgehead atoms. The molecule has 4 amide bonds. The van der Waals surface area contributed by atoms with Crippen molar-refractivity contribution in [3.05, 3.63) is 71.3 Å². The molecule has 1 saturated carbocycles. The highest BCUT2D eigenvalue weighted by molar-refractivity contribution is 5.93. The Bertz CT molecular complexity index is 1180. The lowest BCUT2D eigenvalue weighted by molar-refractivity contribution is -0.143. The van der Waals surface area contributed by atoms with Crippen molar-refractivity contribution in [1.29, 1.82) is 0 Å². The Morgan fingerprint density at radius 1 is 1.02 bits per heavy atom. The van der Waals surface area contributed by atoms with Gasteiger partial charge in [-0.2, -0.15) is 0 Å². The van der Waals surface area contributed by atoms with Gasteiger partial charge < -0.3 is 26.0 Å². The zero-order valence-electron chi connectivity index (χ0n) is 24.1. The number of hydrogen-bond donors (Lipinski definition) is 3. The number of ether oxygens (including phenoxy) is 1. The van der Waals surface area contributed by atoms with Gasteiger partial charge in [0.2, 0.25) is 17.7 Å². The van der Waals surface area contributed by atoms with Gasteiger partial charge in [0.05, 0.1) is 0 Å². The Kier molecular flexibility index (Phi) is 10.3. The molecule has 1 aliphatic carbocycles. The summed E-state index contributed by atoms with van der Waals surface area (Å²) in [4.78, 5) is 54.0. The molecule has 9 nitrogen and oxygen atoms in total. The maximum absolute atomic E-state index is 14.2. The molecule has 3 rings (SSSR count). The van der Waals surface area contributed by atoms with E-state index >= 15 is 0 Å². The number of nitrogens with one attached hydrogen (secondary N) is 2. The van der Waals surface area contributed by atoms with Crippen molar-refractivity contribution in [2.24, 2.45) is 11.7 Å². The lowest BCUT2D eigenvalue weighted by Crippen LogP contribution is -2.54. The standard InChI is InChI=1S/C31H42N4O5/c1-6-21-12-14-23(15-13-21)27(28(37)33-19-22-10-8-7-9-11-22)35(25-18-20(25)2)29(38)24(16-17-26(32)36)34-30(39)40-31(3,4)5/h7-15,20,24-25,27H,6,16-19H2,1-5H3,(H2,32,36)(H,33,37)(H,34,39). The second kappa shape index (κ2) is 13.5. The highest BCUT2D eigenvalue weighted by Gasteiger charge is 2.48. The molecule has 4 unspecified atom stereocenters. The predicted molar refractivity (Wildman–Crippen MR) is 153 cm³/mol. The van der Waals surface area contributed by atoms with Gasteiger partial charge in [0, 0.05) is 19.0 Å². The van der Waals surface area contributed by atoms with E-state index in [1.165, 1.54) is 0 Å². The van der Waals surface area contributed by atoms with E-state index in [0.717, 1.165) is 24.0 Å². The van der Waals surface area contributed by atoms with Crippen LogP contribution in [0.5, 0.6) is 0 Å². The van der Waals surface area contributed by atoms with Crippen molar-refractivity contribution in [2.45, 2.75) is 90.6 Å². The molecule has 0 radical (unpaired) electrons. The van der Waals surface area contributed by atoms with Gasteiger partial charge >= 0.3 is 6.09 Å². The summed E-state index contributed by atoms with van der Waals surface area (Å²) < 4.78 is 5.39.